The van der Waals surface area contributed by atoms with Gasteiger partial charge in [-0.1, -0.05) is 15.9 Å². The van der Waals surface area contributed by atoms with Crippen molar-refractivity contribution < 1.29 is 4.74 Å². The van der Waals surface area contributed by atoms with Crippen LogP contribution in [0.3, 0.4) is 0 Å². The average Bonchev–Trinajstić information content (AvgIpc) is 2.69. The number of rotatable bonds is 0. The molecule has 2 nitrogen and oxygen atoms in total. The standard InChI is InChI=1S/C14H15Br2NO/c15-11-5-9-7-14(18-13(9)12(16)6-11)8-17-3-1-10(14)2-4-17/h5-6,10H,1-4,7-8H2. The lowest BCUT2D eigenvalue weighted by Crippen LogP contribution is -2.61. The highest BCUT2D eigenvalue weighted by atomic mass is 79.9. The lowest BCUT2D eigenvalue weighted by molar-refractivity contribution is -0.0801. The zero-order chi connectivity index (χ0) is 12.3. The van der Waals surface area contributed by atoms with E-state index in [1.54, 1.807) is 0 Å². The third-order valence-electron chi connectivity index (χ3n) is 4.70. The minimum atomic E-state index is 0.0577. The first-order valence-electron chi connectivity index (χ1n) is 6.56. The van der Waals surface area contributed by atoms with Gasteiger partial charge in [0, 0.05) is 28.9 Å². The third kappa shape index (κ3) is 1.61. The number of nitrogens with zero attached hydrogens (tertiary/aromatic N) is 1. The first-order chi connectivity index (χ1) is 8.66. The predicted octanol–water partition coefficient (Wildman–Crippen LogP) is 3.61. The molecule has 96 valence electrons. The van der Waals surface area contributed by atoms with Crippen molar-refractivity contribution in [2.75, 3.05) is 19.6 Å². The van der Waals surface area contributed by atoms with Crippen LogP contribution in [-0.2, 0) is 6.42 Å². The van der Waals surface area contributed by atoms with Crippen molar-refractivity contribution in [3.05, 3.63) is 26.6 Å². The molecule has 3 fully saturated rings. The van der Waals surface area contributed by atoms with Crippen LogP contribution in [0.2, 0.25) is 0 Å². The van der Waals surface area contributed by atoms with Crippen LogP contribution in [0, 0.1) is 5.92 Å². The molecule has 5 rings (SSSR count). The lowest BCUT2D eigenvalue weighted by atomic mass is 9.73. The van der Waals surface area contributed by atoms with E-state index in [0.29, 0.717) is 0 Å². The van der Waals surface area contributed by atoms with E-state index in [1.165, 1.54) is 31.5 Å². The van der Waals surface area contributed by atoms with Gasteiger partial charge in [0.15, 0.2) is 0 Å². The van der Waals surface area contributed by atoms with Crippen LogP contribution in [0.1, 0.15) is 18.4 Å². The van der Waals surface area contributed by atoms with Crippen molar-refractivity contribution in [1.82, 2.24) is 4.90 Å². The molecular formula is C14H15Br2NO. The number of ether oxygens (including phenoxy) is 1. The van der Waals surface area contributed by atoms with Crippen LogP contribution in [0.15, 0.2) is 21.1 Å². The predicted molar refractivity (Wildman–Crippen MR) is 78.1 cm³/mol. The van der Waals surface area contributed by atoms with E-state index >= 15 is 0 Å². The van der Waals surface area contributed by atoms with Gasteiger partial charge in [-0.3, -0.25) is 4.90 Å². The van der Waals surface area contributed by atoms with Crippen molar-refractivity contribution in [2.24, 2.45) is 5.92 Å². The summed E-state index contributed by atoms with van der Waals surface area (Å²) in [7, 11) is 0. The number of fused-ring (bicyclic) bond motifs is 3. The zero-order valence-electron chi connectivity index (χ0n) is 10.1. The van der Waals surface area contributed by atoms with Gasteiger partial charge in [0.2, 0.25) is 0 Å². The summed E-state index contributed by atoms with van der Waals surface area (Å²) < 4.78 is 8.66. The molecule has 3 saturated heterocycles. The lowest BCUT2D eigenvalue weighted by Gasteiger charge is -2.50. The maximum atomic E-state index is 6.45. The summed E-state index contributed by atoms with van der Waals surface area (Å²) in [6.45, 7) is 3.63. The van der Waals surface area contributed by atoms with Crippen molar-refractivity contribution >= 4 is 31.9 Å². The Morgan fingerprint density at radius 3 is 2.67 bits per heavy atom. The molecule has 0 aromatic heterocycles. The summed E-state index contributed by atoms with van der Waals surface area (Å²) in [6.07, 6.45) is 3.67. The quantitative estimate of drug-likeness (QED) is 0.689. The van der Waals surface area contributed by atoms with Crippen LogP contribution >= 0.6 is 31.9 Å². The van der Waals surface area contributed by atoms with Gasteiger partial charge in [-0.25, -0.2) is 0 Å². The van der Waals surface area contributed by atoms with E-state index in [2.05, 4.69) is 48.9 Å². The number of benzene rings is 1. The molecule has 2 bridgehead atoms. The summed E-state index contributed by atoms with van der Waals surface area (Å²) in [5, 5.41) is 0. The Morgan fingerprint density at radius 1 is 1.22 bits per heavy atom. The van der Waals surface area contributed by atoms with Crippen molar-refractivity contribution in [3.8, 4) is 5.75 Å². The average molecular weight is 373 g/mol. The van der Waals surface area contributed by atoms with Gasteiger partial charge in [-0.15, -0.1) is 0 Å². The second kappa shape index (κ2) is 3.97. The molecule has 18 heavy (non-hydrogen) atoms. The van der Waals surface area contributed by atoms with Gasteiger partial charge in [0.05, 0.1) is 4.47 Å². The van der Waals surface area contributed by atoms with E-state index in [0.717, 1.165) is 33.6 Å². The van der Waals surface area contributed by atoms with Crippen LogP contribution < -0.4 is 4.74 Å². The van der Waals surface area contributed by atoms with Crippen molar-refractivity contribution in [1.29, 1.82) is 0 Å². The fourth-order valence-electron chi connectivity index (χ4n) is 3.86. The van der Waals surface area contributed by atoms with Crippen LogP contribution in [0.5, 0.6) is 5.75 Å². The molecule has 4 heterocycles. The molecule has 0 amide bonds. The first kappa shape index (κ1) is 11.7. The molecule has 0 saturated carbocycles. The van der Waals surface area contributed by atoms with Gasteiger partial charge in [-0.05, 0) is 54.0 Å². The maximum Gasteiger partial charge on any atom is 0.137 e. The Labute approximate surface area is 124 Å². The molecule has 1 aromatic rings. The minimum absolute atomic E-state index is 0.0577. The summed E-state index contributed by atoms with van der Waals surface area (Å²) in [5.74, 6) is 1.81. The Morgan fingerprint density at radius 2 is 2.00 bits per heavy atom. The first-order valence-corrected chi connectivity index (χ1v) is 8.14. The van der Waals surface area contributed by atoms with E-state index in [1.807, 2.05) is 0 Å². The number of hydrogen-bond donors (Lipinski definition) is 0. The molecule has 0 radical (unpaired) electrons. The van der Waals surface area contributed by atoms with Crippen molar-refractivity contribution in [2.45, 2.75) is 24.9 Å². The molecule has 1 unspecified atom stereocenters. The molecule has 4 aliphatic rings. The summed E-state index contributed by atoms with van der Waals surface area (Å²) >= 11 is 7.21. The fraction of sp³-hybridized carbons (Fsp3) is 0.571. The monoisotopic (exact) mass is 371 g/mol. The molecule has 1 spiro atoms. The number of halogens is 2. The van der Waals surface area contributed by atoms with Crippen molar-refractivity contribution in [3.63, 3.8) is 0 Å². The maximum absolute atomic E-state index is 6.45. The summed E-state index contributed by atoms with van der Waals surface area (Å²) in [4.78, 5) is 2.56. The Kier molecular flexibility index (Phi) is 2.59. The third-order valence-corrected chi connectivity index (χ3v) is 5.75. The smallest absolute Gasteiger partial charge is 0.137 e. The Balaban J connectivity index is 1.74. The topological polar surface area (TPSA) is 12.5 Å². The highest BCUT2D eigenvalue weighted by Crippen LogP contribution is 2.49. The Bertz CT molecular complexity index is 511. The largest absolute Gasteiger partial charge is 0.484 e. The van der Waals surface area contributed by atoms with Gasteiger partial charge in [0.1, 0.15) is 11.4 Å². The molecule has 4 heteroatoms. The number of hydrogen-bond acceptors (Lipinski definition) is 2. The molecular weight excluding hydrogens is 358 g/mol. The summed E-state index contributed by atoms with van der Waals surface area (Å²) in [6, 6.07) is 4.30. The second-order valence-electron chi connectivity index (χ2n) is 5.77. The minimum Gasteiger partial charge on any atom is -0.484 e. The summed E-state index contributed by atoms with van der Waals surface area (Å²) in [5.41, 5.74) is 1.41. The SMILES string of the molecule is Brc1cc(Br)c2c(c1)CC1(CN3CCC1CC3)O2. The van der Waals surface area contributed by atoms with Gasteiger partial charge in [0.25, 0.3) is 0 Å². The normalized spacial score (nSPS) is 36.8. The van der Waals surface area contributed by atoms with Gasteiger partial charge in [-0.2, -0.15) is 0 Å². The molecule has 0 aliphatic carbocycles. The molecule has 0 N–H and O–H groups in total. The Hall–Kier alpha value is -0.0600. The van der Waals surface area contributed by atoms with E-state index in [4.69, 9.17) is 4.74 Å². The zero-order valence-corrected chi connectivity index (χ0v) is 13.3. The molecule has 4 aliphatic heterocycles. The highest BCUT2D eigenvalue weighted by molar-refractivity contribution is 9.11. The van der Waals surface area contributed by atoms with E-state index in [9.17, 15) is 0 Å². The number of piperidine rings is 3. The molecule has 1 atom stereocenters. The fourth-order valence-corrected chi connectivity index (χ4v) is 5.26. The molecule has 1 aromatic carbocycles. The highest BCUT2D eigenvalue weighted by Gasteiger charge is 2.52. The van der Waals surface area contributed by atoms with E-state index < -0.39 is 0 Å². The van der Waals surface area contributed by atoms with Crippen LogP contribution in [0.4, 0.5) is 0 Å². The van der Waals surface area contributed by atoms with E-state index in [-0.39, 0.29) is 5.60 Å². The van der Waals surface area contributed by atoms with Crippen LogP contribution in [0.25, 0.3) is 0 Å². The van der Waals surface area contributed by atoms with Gasteiger partial charge < -0.3 is 4.74 Å². The van der Waals surface area contributed by atoms with Crippen LogP contribution in [-0.4, -0.2) is 30.1 Å². The second-order valence-corrected chi connectivity index (χ2v) is 7.54. The van der Waals surface area contributed by atoms with Gasteiger partial charge >= 0.3 is 0 Å².